The third kappa shape index (κ3) is 2.82. The Hall–Kier alpha value is -0.820. The molecule has 2 heteroatoms. The van der Waals surface area contributed by atoms with Gasteiger partial charge in [-0.15, -0.1) is 0 Å². The van der Waals surface area contributed by atoms with Crippen LogP contribution in [0.1, 0.15) is 31.2 Å². The van der Waals surface area contributed by atoms with E-state index in [1.165, 1.54) is 5.56 Å². The van der Waals surface area contributed by atoms with Crippen LogP contribution >= 0.6 is 11.6 Å². The average Bonchev–Trinajstić information content (AvgIpc) is 2.63. The van der Waals surface area contributed by atoms with Crippen LogP contribution in [0.4, 0.5) is 0 Å². The van der Waals surface area contributed by atoms with E-state index in [1.807, 2.05) is 24.3 Å². The standard InChI is InChI=1S/C13H15ClO/c14-12-8-5-10(6-9-12)4-7-11-2-1-3-13(11)15/h5-6,8-9,11H,1-4,7H2/t11-/m0/s1. The zero-order valence-corrected chi connectivity index (χ0v) is 9.46. The Morgan fingerprint density at radius 3 is 2.60 bits per heavy atom. The summed E-state index contributed by atoms with van der Waals surface area (Å²) in [6.45, 7) is 0. The van der Waals surface area contributed by atoms with Gasteiger partial charge in [0.2, 0.25) is 0 Å². The Labute approximate surface area is 95.4 Å². The molecule has 80 valence electrons. The number of halogens is 1. The number of rotatable bonds is 3. The van der Waals surface area contributed by atoms with Crippen molar-refractivity contribution in [3.8, 4) is 0 Å². The van der Waals surface area contributed by atoms with E-state index in [0.717, 1.165) is 37.1 Å². The number of carbonyl (C=O) groups excluding carboxylic acids is 1. The first-order chi connectivity index (χ1) is 7.25. The van der Waals surface area contributed by atoms with Gasteiger partial charge in [-0.1, -0.05) is 23.7 Å². The SMILES string of the molecule is O=C1CCC[C@H]1CCc1ccc(Cl)cc1. The second-order valence-electron chi connectivity index (χ2n) is 4.22. The van der Waals surface area contributed by atoms with E-state index in [9.17, 15) is 4.79 Å². The van der Waals surface area contributed by atoms with Crippen molar-refractivity contribution in [3.63, 3.8) is 0 Å². The molecule has 1 aromatic rings. The zero-order chi connectivity index (χ0) is 10.7. The van der Waals surface area contributed by atoms with E-state index in [4.69, 9.17) is 11.6 Å². The van der Waals surface area contributed by atoms with Gasteiger partial charge in [0.05, 0.1) is 0 Å². The average molecular weight is 223 g/mol. The van der Waals surface area contributed by atoms with Gasteiger partial charge in [-0.05, 0) is 43.4 Å². The highest BCUT2D eigenvalue weighted by Gasteiger charge is 2.23. The maximum atomic E-state index is 11.4. The minimum Gasteiger partial charge on any atom is -0.299 e. The second-order valence-corrected chi connectivity index (χ2v) is 4.66. The highest BCUT2D eigenvalue weighted by atomic mass is 35.5. The fourth-order valence-corrected chi connectivity index (χ4v) is 2.31. The largest absolute Gasteiger partial charge is 0.299 e. The lowest BCUT2D eigenvalue weighted by Gasteiger charge is -2.07. The lowest BCUT2D eigenvalue weighted by molar-refractivity contribution is -0.120. The van der Waals surface area contributed by atoms with E-state index >= 15 is 0 Å². The summed E-state index contributed by atoms with van der Waals surface area (Å²) in [7, 11) is 0. The molecule has 1 nitrogen and oxygen atoms in total. The Kier molecular flexibility index (Phi) is 3.42. The smallest absolute Gasteiger partial charge is 0.135 e. The monoisotopic (exact) mass is 222 g/mol. The van der Waals surface area contributed by atoms with Crippen molar-refractivity contribution in [2.45, 2.75) is 32.1 Å². The van der Waals surface area contributed by atoms with Crippen molar-refractivity contribution in [3.05, 3.63) is 34.9 Å². The van der Waals surface area contributed by atoms with Gasteiger partial charge in [-0.25, -0.2) is 0 Å². The first-order valence-corrected chi connectivity index (χ1v) is 5.90. The number of hydrogen-bond donors (Lipinski definition) is 0. The van der Waals surface area contributed by atoms with Crippen molar-refractivity contribution in [2.75, 3.05) is 0 Å². The molecule has 1 aliphatic carbocycles. The highest BCUT2D eigenvalue weighted by Crippen LogP contribution is 2.25. The molecule has 2 rings (SSSR count). The Balaban J connectivity index is 1.87. The minimum absolute atomic E-state index is 0.320. The van der Waals surface area contributed by atoms with Gasteiger partial charge < -0.3 is 0 Å². The van der Waals surface area contributed by atoms with E-state index in [-0.39, 0.29) is 0 Å². The summed E-state index contributed by atoms with van der Waals surface area (Å²) in [5.74, 6) is 0.782. The maximum Gasteiger partial charge on any atom is 0.135 e. The summed E-state index contributed by atoms with van der Waals surface area (Å²) < 4.78 is 0. The van der Waals surface area contributed by atoms with Gasteiger partial charge in [-0.3, -0.25) is 4.79 Å². The molecule has 0 unspecified atom stereocenters. The van der Waals surface area contributed by atoms with Crippen LogP contribution in [0.15, 0.2) is 24.3 Å². The fourth-order valence-electron chi connectivity index (χ4n) is 2.19. The topological polar surface area (TPSA) is 17.1 Å². The van der Waals surface area contributed by atoms with Crippen LogP contribution in [0.3, 0.4) is 0 Å². The fraction of sp³-hybridized carbons (Fsp3) is 0.462. The lowest BCUT2D eigenvalue weighted by Crippen LogP contribution is -2.07. The summed E-state index contributed by atoms with van der Waals surface area (Å²) in [6.07, 6.45) is 4.97. The molecule has 1 aromatic carbocycles. The third-order valence-corrected chi connectivity index (χ3v) is 3.38. The summed E-state index contributed by atoms with van der Waals surface area (Å²) in [5.41, 5.74) is 1.28. The van der Waals surface area contributed by atoms with Gasteiger partial charge in [0, 0.05) is 17.4 Å². The number of aryl methyl sites for hydroxylation is 1. The quantitative estimate of drug-likeness (QED) is 0.763. The highest BCUT2D eigenvalue weighted by molar-refractivity contribution is 6.30. The summed E-state index contributed by atoms with van der Waals surface area (Å²) in [5, 5.41) is 0.774. The van der Waals surface area contributed by atoms with Crippen LogP contribution in [-0.4, -0.2) is 5.78 Å². The molecule has 0 aliphatic heterocycles. The van der Waals surface area contributed by atoms with Crippen LogP contribution < -0.4 is 0 Å². The van der Waals surface area contributed by atoms with E-state index in [2.05, 4.69) is 0 Å². The van der Waals surface area contributed by atoms with Crippen LogP contribution in [0.2, 0.25) is 5.02 Å². The van der Waals surface area contributed by atoms with Crippen molar-refractivity contribution in [2.24, 2.45) is 5.92 Å². The number of Topliss-reactive ketones (excluding diaryl/α,β-unsaturated/α-hetero) is 1. The number of hydrogen-bond acceptors (Lipinski definition) is 1. The third-order valence-electron chi connectivity index (χ3n) is 3.13. The molecular formula is C13H15ClO. The molecule has 0 spiro atoms. The summed E-state index contributed by atoms with van der Waals surface area (Å²) >= 11 is 5.81. The molecule has 1 atom stereocenters. The van der Waals surface area contributed by atoms with Gasteiger partial charge >= 0.3 is 0 Å². The van der Waals surface area contributed by atoms with E-state index in [0.29, 0.717) is 11.7 Å². The van der Waals surface area contributed by atoms with Crippen LogP contribution in [-0.2, 0) is 11.2 Å². The lowest BCUT2D eigenvalue weighted by atomic mass is 9.97. The summed E-state index contributed by atoms with van der Waals surface area (Å²) in [4.78, 5) is 11.4. The predicted octanol–water partition coefficient (Wildman–Crippen LogP) is 3.64. The molecule has 1 fully saturated rings. The van der Waals surface area contributed by atoms with Gasteiger partial charge in [0.1, 0.15) is 5.78 Å². The maximum absolute atomic E-state index is 11.4. The van der Waals surface area contributed by atoms with Crippen molar-refractivity contribution in [1.82, 2.24) is 0 Å². The number of ketones is 1. The van der Waals surface area contributed by atoms with Crippen LogP contribution in [0, 0.1) is 5.92 Å². The molecular weight excluding hydrogens is 208 g/mol. The van der Waals surface area contributed by atoms with Gasteiger partial charge in [0.15, 0.2) is 0 Å². The second kappa shape index (κ2) is 4.80. The van der Waals surface area contributed by atoms with Crippen molar-refractivity contribution < 1.29 is 4.79 Å². The van der Waals surface area contributed by atoms with E-state index in [1.54, 1.807) is 0 Å². The molecule has 0 aromatic heterocycles. The molecule has 0 radical (unpaired) electrons. The normalized spacial score (nSPS) is 20.9. The van der Waals surface area contributed by atoms with Crippen LogP contribution in [0.5, 0.6) is 0 Å². The Morgan fingerprint density at radius 2 is 2.00 bits per heavy atom. The van der Waals surface area contributed by atoms with Gasteiger partial charge in [-0.2, -0.15) is 0 Å². The first kappa shape index (κ1) is 10.7. The predicted molar refractivity (Wildman–Crippen MR) is 62.1 cm³/mol. The molecule has 0 N–H and O–H groups in total. The minimum atomic E-state index is 0.320. The van der Waals surface area contributed by atoms with Crippen molar-refractivity contribution >= 4 is 17.4 Å². The van der Waals surface area contributed by atoms with Crippen LogP contribution in [0.25, 0.3) is 0 Å². The van der Waals surface area contributed by atoms with Gasteiger partial charge in [0.25, 0.3) is 0 Å². The molecule has 0 saturated heterocycles. The molecule has 0 bridgehead atoms. The molecule has 0 heterocycles. The van der Waals surface area contributed by atoms with E-state index < -0.39 is 0 Å². The van der Waals surface area contributed by atoms with Crippen molar-refractivity contribution in [1.29, 1.82) is 0 Å². The molecule has 1 saturated carbocycles. The molecule has 1 aliphatic rings. The number of benzene rings is 1. The molecule has 0 amide bonds. The molecule has 15 heavy (non-hydrogen) atoms. The Morgan fingerprint density at radius 1 is 1.27 bits per heavy atom. The Bertz CT molecular complexity index is 342. The first-order valence-electron chi connectivity index (χ1n) is 5.53. The number of carbonyl (C=O) groups is 1. The summed E-state index contributed by atoms with van der Waals surface area (Å²) in [6, 6.07) is 7.91. The zero-order valence-electron chi connectivity index (χ0n) is 8.71.